The van der Waals surface area contributed by atoms with Gasteiger partial charge in [0, 0.05) is 48.9 Å². The number of hydrogen-bond donors (Lipinski definition) is 4. The van der Waals surface area contributed by atoms with Gasteiger partial charge in [0.1, 0.15) is 5.54 Å². The Balaban J connectivity index is 0.862. The third-order valence-electron chi connectivity index (χ3n) is 13.8. The second-order valence-electron chi connectivity index (χ2n) is 17.3. The smallest absolute Gasteiger partial charge is 0.315 e. The number of nitrogens with one attached hydrogen (secondary N) is 3. The molecule has 0 aromatic heterocycles. The third kappa shape index (κ3) is 6.91. The fourth-order valence-corrected chi connectivity index (χ4v) is 11.2. The van der Waals surface area contributed by atoms with E-state index in [2.05, 4.69) is 81.2 Å². The van der Waals surface area contributed by atoms with Crippen LogP contribution in [-0.2, 0) is 27.4 Å². The number of carbonyl (C=O) groups excluding carboxylic acids is 2. The molecule has 3 aliphatic heterocycles. The lowest BCUT2D eigenvalue weighted by molar-refractivity contribution is -0.276. The van der Waals surface area contributed by atoms with Crippen LogP contribution in [0.5, 0.6) is 0 Å². The maximum absolute atomic E-state index is 13.3. The van der Waals surface area contributed by atoms with Crippen molar-refractivity contribution in [1.29, 1.82) is 0 Å². The molecule has 3 aromatic carbocycles. The SMILES string of the molecule is CC1C(CN2CCC3(CC2)C(=O)NCN3c2ccccc2)OC(c2ccc(CNC(=O)NC34CC5CC(CC(C5)C3)C4)cc2)OC1c1ccc(CO)cc1. The fourth-order valence-electron chi connectivity index (χ4n) is 11.2. The topological polar surface area (TPSA) is 115 Å². The van der Waals surface area contributed by atoms with E-state index in [1.165, 1.54) is 19.3 Å². The van der Waals surface area contributed by atoms with E-state index in [-0.39, 0.29) is 42.2 Å². The number of likely N-dealkylation sites (tertiary alicyclic amines) is 1. The minimum atomic E-state index is -0.569. The Morgan fingerprint density at radius 1 is 0.852 bits per heavy atom. The monoisotopic (exact) mass is 733 g/mol. The molecule has 4 saturated carbocycles. The summed E-state index contributed by atoms with van der Waals surface area (Å²) in [5.41, 5.74) is 4.41. The third-order valence-corrected chi connectivity index (χ3v) is 13.8. The van der Waals surface area contributed by atoms with Crippen molar-refractivity contribution in [2.45, 2.75) is 101 Å². The van der Waals surface area contributed by atoms with E-state index in [1.54, 1.807) is 0 Å². The molecule has 10 heteroatoms. The van der Waals surface area contributed by atoms with Crippen molar-refractivity contribution < 1.29 is 24.2 Å². The molecular weight excluding hydrogens is 679 g/mol. The van der Waals surface area contributed by atoms with Crippen LogP contribution in [0.15, 0.2) is 78.9 Å². The second-order valence-corrected chi connectivity index (χ2v) is 17.3. The van der Waals surface area contributed by atoms with Crippen LogP contribution in [0.1, 0.15) is 92.9 Å². The number of amides is 3. The number of aliphatic hydroxyl groups is 1. The molecule has 3 saturated heterocycles. The summed E-state index contributed by atoms with van der Waals surface area (Å²) in [4.78, 5) is 31.1. The van der Waals surface area contributed by atoms with Gasteiger partial charge in [0.25, 0.3) is 0 Å². The number of piperidine rings is 1. The van der Waals surface area contributed by atoms with Gasteiger partial charge < -0.3 is 40.3 Å². The highest BCUT2D eigenvalue weighted by Crippen LogP contribution is 2.55. The van der Waals surface area contributed by atoms with Gasteiger partial charge >= 0.3 is 6.03 Å². The molecule has 3 amide bonds. The molecule has 3 heterocycles. The van der Waals surface area contributed by atoms with E-state index >= 15 is 0 Å². The van der Waals surface area contributed by atoms with Crippen LogP contribution in [0.25, 0.3) is 0 Å². The Hall–Kier alpha value is -3.96. The number of carbonyl (C=O) groups is 2. The molecule has 1 spiro atoms. The summed E-state index contributed by atoms with van der Waals surface area (Å²) < 4.78 is 13.6. The highest BCUT2D eigenvalue weighted by Gasteiger charge is 2.52. The first-order chi connectivity index (χ1) is 26.3. The molecule has 0 radical (unpaired) electrons. The Bertz CT molecular complexity index is 1760. The van der Waals surface area contributed by atoms with Gasteiger partial charge in [-0.05, 0) is 97.9 Å². The van der Waals surface area contributed by atoms with Crippen LogP contribution in [0.4, 0.5) is 10.5 Å². The van der Waals surface area contributed by atoms with Crippen LogP contribution >= 0.6 is 0 Å². The van der Waals surface area contributed by atoms with Crippen LogP contribution in [0.2, 0.25) is 0 Å². The van der Waals surface area contributed by atoms with Gasteiger partial charge in [-0.1, -0.05) is 73.7 Å². The Morgan fingerprint density at radius 3 is 2.13 bits per heavy atom. The predicted molar refractivity (Wildman–Crippen MR) is 206 cm³/mol. The van der Waals surface area contributed by atoms with Crippen LogP contribution < -0.4 is 20.9 Å². The Morgan fingerprint density at radius 2 is 1.48 bits per heavy atom. The molecule has 3 aromatic rings. The summed E-state index contributed by atoms with van der Waals surface area (Å²) in [5, 5.41) is 19.4. The number of nitrogens with zero attached hydrogens (tertiary/aromatic N) is 2. The zero-order valence-electron chi connectivity index (χ0n) is 31.4. The van der Waals surface area contributed by atoms with Crippen LogP contribution in [0, 0.1) is 23.7 Å². The number of aliphatic hydroxyl groups excluding tert-OH is 1. The number of rotatable bonds is 9. The van der Waals surface area contributed by atoms with Crippen molar-refractivity contribution in [3.05, 3.63) is 101 Å². The molecule has 54 heavy (non-hydrogen) atoms. The molecule has 7 fully saturated rings. The molecule has 4 bridgehead atoms. The van der Waals surface area contributed by atoms with Gasteiger partial charge in [0.05, 0.1) is 25.5 Å². The number of para-hydroxylation sites is 1. The second kappa shape index (κ2) is 14.6. The summed E-state index contributed by atoms with van der Waals surface area (Å²) in [6, 6.07) is 26.4. The fraction of sp³-hybridized carbons (Fsp3) is 0.545. The molecule has 4 atom stereocenters. The molecule has 4 N–H and O–H groups in total. The first-order valence-electron chi connectivity index (χ1n) is 20.3. The number of ether oxygens (including phenoxy) is 2. The van der Waals surface area contributed by atoms with Crippen molar-refractivity contribution in [3.8, 4) is 0 Å². The lowest BCUT2D eigenvalue weighted by Crippen LogP contribution is -2.61. The van der Waals surface area contributed by atoms with Crippen molar-refractivity contribution >= 4 is 17.6 Å². The average molecular weight is 734 g/mol. The van der Waals surface area contributed by atoms with Gasteiger partial charge in [0.2, 0.25) is 5.91 Å². The molecule has 4 aliphatic carbocycles. The lowest BCUT2D eigenvalue weighted by atomic mass is 9.53. The molecule has 10 nitrogen and oxygen atoms in total. The van der Waals surface area contributed by atoms with Gasteiger partial charge in [-0.15, -0.1) is 0 Å². The lowest BCUT2D eigenvalue weighted by Gasteiger charge is -2.56. The van der Waals surface area contributed by atoms with Crippen molar-refractivity contribution in [2.24, 2.45) is 23.7 Å². The predicted octanol–water partition coefficient (Wildman–Crippen LogP) is 6.17. The summed E-state index contributed by atoms with van der Waals surface area (Å²) in [6.07, 6.45) is 8.07. The highest BCUT2D eigenvalue weighted by molar-refractivity contribution is 5.93. The van der Waals surface area contributed by atoms with Crippen LogP contribution in [0.3, 0.4) is 0 Å². The minimum Gasteiger partial charge on any atom is -0.392 e. The molecule has 4 unspecified atom stereocenters. The van der Waals surface area contributed by atoms with Crippen LogP contribution in [-0.4, -0.2) is 65.4 Å². The van der Waals surface area contributed by atoms with Gasteiger partial charge in [-0.2, -0.15) is 0 Å². The summed E-state index contributed by atoms with van der Waals surface area (Å²) in [7, 11) is 0. The van der Waals surface area contributed by atoms with Crippen molar-refractivity contribution in [3.63, 3.8) is 0 Å². The van der Waals surface area contributed by atoms with Crippen molar-refractivity contribution in [2.75, 3.05) is 31.2 Å². The zero-order valence-corrected chi connectivity index (χ0v) is 31.4. The largest absolute Gasteiger partial charge is 0.392 e. The van der Waals surface area contributed by atoms with Gasteiger partial charge in [-0.25, -0.2) is 4.79 Å². The van der Waals surface area contributed by atoms with E-state index in [0.717, 1.165) is 97.4 Å². The first kappa shape index (κ1) is 35.7. The maximum atomic E-state index is 13.3. The average Bonchev–Trinajstić information content (AvgIpc) is 3.49. The summed E-state index contributed by atoms with van der Waals surface area (Å²) in [6.45, 7) is 5.51. The standard InChI is InChI=1S/C44H55N5O5/c1-29-38(26-48-17-15-44(16-18-48)41(51)46-28-49(44)37-5-3-2-4-6-37)53-40(54-39(29)35-11-9-31(27-50)10-12-35)36-13-7-30(8-14-36)25-45-42(52)47-43-22-32-19-33(23-43)21-34(20-32)24-43/h2-14,29,32-34,38-40,50H,15-28H2,1H3,(H,46,51)(H2,45,47,52). The first-order valence-corrected chi connectivity index (χ1v) is 20.3. The van der Waals surface area contributed by atoms with E-state index in [0.29, 0.717) is 13.2 Å². The Kier molecular flexibility index (Phi) is 9.66. The molecule has 7 aliphatic rings. The Labute approximate surface area is 319 Å². The quantitative estimate of drug-likeness (QED) is 0.208. The van der Waals surface area contributed by atoms with Gasteiger partial charge in [0.15, 0.2) is 6.29 Å². The number of urea groups is 1. The highest BCUT2D eigenvalue weighted by atomic mass is 16.7. The zero-order chi connectivity index (χ0) is 36.9. The van der Waals surface area contributed by atoms with E-state index < -0.39 is 11.8 Å². The van der Waals surface area contributed by atoms with E-state index in [1.807, 2.05) is 30.3 Å². The summed E-state index contributed by atoms with van der Waals surface area (Å²) >= 11 is 0. The summed E-state index contributed by atoms with van der Waals surface area (Å²) in [5.74, 6) is 2.54. The van der Waals surface area contributed by atoms with E-state index in [9.17, 15) is 14.7 Å². The minimum absolute atomic E-state index is 0.00295. The number of benzene rings is 3. The number of anilines is 1. The van der Waals surface area contributed by atoms with E-state index in [4.69, 9.17) is 9.47 Å². The van der Waals surface area contributed by atoms with Gasteiger partial charge in [-0.3, -0.25) is 4.79 Å². The number of hydrogen-bond acceptors (Lipinski definition) is 7. The van der Waals surface area contributed by atoms with Crippen molar-refractivity contribution in [1.82, 2.24) is 20.9 Å². The molecule has 10 rings (SSSR count). The molecular formula is C44H55N5O5. The normalized spacial score (nSPS) is 32.8. The molecule has 286 valence electrons. The maximum Gasteiger partial charge on any atom is 0.315 e.